The molecule has 116 valence electrons. The molecule has 23 heavy (non-hydrogen) atoms. The summed E-state index contributed by atoms with van der Waals surface area (Å²) in [5.41, 5.74) is 2.10. The van der Waals surface area contributed by atoms with E-state index in [1.54, 1.807) is 29.4 Å². The van der Waals surface area contributed by atoms with Crippen molar-refractivity contribution in [1.82, 2.24) is 19.7 Å². The van der Waals surface area contributed by atoms with Gasteiger partial charge in [-0.15, -0.1) is 10.2 Å². The van der Waals surface area contributed by atoms with E-state index in [-0.39, 0.29) is 5.91 Å². The van der Waals surface area contributed by atoms with Crippen LogP contribution < -0.4 is 5.32 Å². The van der Waals surface area contributed by atoms with Crippen LogP contribution in [-0.4, -0.2) is 25.7 Å². The van der Waals surface area contributed by atoms with E-state index in [9.17, 15) is 4.79 Å². The number of pyridine rings is 1. The van der Waals surface area contributed by atoms with E-state index in [0.29, 0.717) is 15.9 Å². The Kier molecular flexibility index (Phi) is 4.53. The quantitative estimate of drug-likeness (QED) is 0.678. The third-order valence-corrected chi connectivity index (χ3v) is 4.70. The van der Waals surface area contributed by atoms with Gasteiger partial charge >= 0.3 is 0 Å². The standard InChI is InChI=1S/C15H11Br2N5O/c1-9-12(16)4-5-14(20-9)21-15(23)11-6-10(2-3-13(11)17)22-7-18-19-8-22/h2-8H,1H3,(H,20,21,23). The first-order valence-electron chi connectivity index (χ1n) is 6.63. The number of amides is 1. The van der Waals surface area contributed by atoms with Gasteiger partial charge in [0.2, 0.25) is 0 Å². The maximum atomic E-state index is 12.5. The maximum Gasteiger partial charge on any atom is 0.258 e. The molecule has 0 saturated carbocycles. The van der Waals surface area contributed by atoms with Crippen LogP contribution in [0.15, 0.2) is 51.9 Å². The lowest BCUT2D eigenvalue weighted by atomic mass is 10.2. The monoisotopic (exact) mass is 435 g/mol. The molecule has 1 aromatic carbocycles. The zero-order valence-corrected chi connectivity index (χ0v) is 15.2. The minimum absolute atomic E-state index is 0.249. The summed E-state index contributed by atoms with van der Waals surface area (Å²) in [4.78, 5) is 16.8. The summed E-state index contributed by atoms with van der Waals surface area (Å²) in [6.07, 6.45) is 3.15. The first-order valence-corrected chi connectivity index (χ1v) is 8.22. The smallest absolute Gasteiger partial charge is 0.258 e. The minimum Gasteiger partial charge on any atom is -0.307 e. The Bertz CT molecular complexity index is 864. The molecule has 3 aromatic rings. The Hall–Kier alpha value is -2.06. The molecule has 0 aliphatic heterocycles. The van der Waals surface area contributed by atoms with Crippen molar-refractivity contribution in [3.8, 4) is 5.69 Å². The zero-order chi connectivity index (χ0) is 16.4. The number of benzene rings is 1. The first-order chi connectivity index (χ1) is 11.0. The molecular formula is C15H11Br2N5O. The van der Waals surface area contributed by atoms with E-state index in [2.05, 4.69) is 52.4 Å². The Balaban J connectivity index is 1.89. The molecule has 3 rings (SSSR count). The first kappa shape index (κ1) is 15.8. The van der Waals surface area contributed by atoms with Gasteiger partial charge in [-0.05, 0) is 69.1 Å². The molecule has 0 atom stereocenters. The highest BCUT2D eigenvalue weighted by Gasteiger charge is 2.13. The average Bonchev–Trinajstić information content (AvgIpc) is 3.06. The lowest BCUT2D eigenvalue weighted by Crippen LogP contribution is -2.14. The van der Waals surface area contributed by atoms with Crippen LogP contribution in [0.4, 0.5) is 5.82 Å². The topological polar surface area (TPSA) is 72.7 Å². The molecular weight excluding hydrogens is 426 g/mol. The SMILES string of the molecule is Cc1nc(NC(=O)c2cc(-n3cnnc3)ccc2Br)ccc1Br. The van der Waals surface area contributed by atoms with E-state index in [4.69, 9.17) is 0 Å². The molecule has 0 radical (unpaired) electrons. The van der Waals surface area contributed by atoms with Crippen LogP contribution in [0.25, 0.3) is 5.69 Å². The van der Waals surface area contributed by atoms with Crippen LogP contribution in [0.2, 0.25) is 0 Å². The summed E-state index contributed by atoms with van der Waals surface area (Å²) >= 11 is 6.79. The van der Waals surface area contributed by atoms with Gasteiger partial charge in [-0.1, -0.05) is 0 Å². The van der Waals surface area contributed by atoms with Crippen molar-refractivity contribution in [2.45, 2.75) is 6.92 Å². The van der Waals surface area contributed by atoms with Crippen molar-refractivity contribution >= 4 is 43.6 Å². The second-order valence-electron chi connectivity index (χ2n) is 4.75. The van der Waals surface area contributed by atoms with E-state index in [1.165, 1.54) is 0 Å². The van der Waals surface area contributed by atoms with Crippen LogP contribution >= 0.6 is 31.9 Å². The fraction of sp³-hybridized carbons (Fsp3) is 0.0667. The number of nitrogens with one attached hydrogen (secondary N) is 1. The number of carbonyl (C=O) groups is 1. The van der Waals surface area contributed by atoms with Gasteiger partial charge in [0, 0.05) is 14.6 Å². The van der Waals surface area contributed by atoms with Crippen LogP contribution in [0.5, 0.6) is 0 Å². The number of hydrogen-bond acceptors (Lipinski definition) is 4. The summed E-state index contributed by atoms with van der Waals surface area (Å²) in [6.45, 7) is 1.86. The highest BCUT2D eigenvalue weighted by Crippen LogP contribution is 2.22. The van der Waals surface area contributed by atoms with Crippen molar-refractivity contribution in [2.75, 3.05) is 5.32 Å². The molecule has 1 N–H and O–H groups in total. The number of aromatic nitrogens is 4. The van der Waals surface area contributed by atoms with E-state index in [1.807, 2.05) is 25.1 Å². The lowest BCUT2D eigenvalue weighted by molar-refractivity contribution is 0.102. The molecule has 0 bridgehead atoms. The predicted molar refractivity (Wildman–Crippen MR) is 93.7 cm³/mol. The van der Waals surface area contributed by atoms with Crippen molar-refractivity contribution in [2.24, 2.45) is 0 Å². The van der Waals surface area contributed by atoms with Crippen molar-refractivity contribution in [1.29, 1.82) is 0 Å². The molecule has 0 aliphatic rings. The summed E-state index contributed by atoms with van der Waals surface area (Å²) in [5, 5.41) is 10.3. The summed E-state index contributed by atoms with van der Waals surface area (Å²) in [6, 6.07) is 9.03. The lowest BCUT2D eigenvalue weighted by Gasteiger charge is -2.09. The molecule has 2 heterocycles. The van der Waals surface area contributed by atoms with Crippen LogP contribution in [0.3, 0.4) is 0 Å². The molecule has 0 spiro atoms. The third kappa shape index (κ3) is 3.48. The Morgan fingerprint density at radius 3 is 2.48 bits per heavy atom. The second kappa shape index (κ2) is 6.59. The molecule has 0 aliphatic carbocycles. The number of carbonyl (C=O) groups excluding carboxylic acids is 1. The number of aryl methyl sites for hydroxylation is 1. The van der Waals surface area contributed by atoms with E-state index >= 15 is 0 Å². The van der Waals surface area contributed by atoms with Gasteiger partial charge in [0.05, 0.1) is 11.3 Å². The molecule has 8 heteroatoms. The zero-order valence-electron chi connectivity index (χ0n) is 12.0. The number of hydrogen-bond donors (Lipinski definition) is 1. The van der Waals surface area contributed by atoms with Gasteiger partial charge in [0.1, 0.15) is 18.5 Å². The van der Waals surface area contributed by atoms with Crippen LogP contribution in [0, 0.1) is 6.92 Å². The Labute approximate surface area is 149 Å². The van der Waals surface area contributed by atoms with Crippen LogP contribution in [-0.2, 0) is 0 Å². The highest BCUT2D eigenvalue weighted by atomic mass is 79.9. The van der Waals surface area contributed by atoms with Gasteiger partial charge in [-0.2, -0.15) is 0 Å². The van der Waals surface area contributed by atoms with Crippen LogP contribution in [0.1, 0.15) is 16.1 Å². The summed E-state index contributed by atoms with van der Waals surface area (Å²) in [5.74, 6) is 0.248. The number of rotatable bonds is 3. The fourth-order valence-electron chi connectivity index (χ4n) is 1.98. The normalized spacial score (nSPS) is 10.6. The Morgan fingerprint density at radius 2 is 1.78 bits per heavy atom. The number of halogens is 2. The number of anilines is 1. The van der Waals surface area contributed by atoms with Crippen molar-refractivity contribution < 1.29 is 4.79 Å². The van der Waals surface area contributed by atoms with Gasteiger partial charge in [-0.3, -0.25) is 9.36 Å². The molecule has 0 saturated heterocycles. The number of nitrogens with zero attached hydrogens (tertiary/aromatic N) is 4. The van der Waals surface area contributed by atoms with Crippen molar-refractivity contribution in [3.05, 3.63) is 63.2 Å². The van der Waals surface area contributed by atoms with Gasteiger partial charge in [0.25, 0.3) is 5.91 Å². The molecule has 2 aromatic heterocycles. The highest BCUT2D eigenvalue weighted by molar-refractivity contribution is 9.10. The molecule has 1 amide bonds. The van der Waals surface area contributed by atoms with Gasteiger partial charge < -0.3 is 5.32 Å². The largest absolute Gasteiger partial charge is 0.307 e. The molecule has 0 fully saturated rings. The van der Waals surface area contributed by atoms with E-state index < -0.39 is 0 Å². The predicted octanol–water partition coefficient (Wildman–Crippen LogP) is 3.75. The maximum absolute atomic E-state index is 12.5. The second-order valence-corrected chi connectivity index (χ2v) is 6.46. The molecule has 6 nitrogen and oxygen atoms in total. The minimum atomic E-state index is -0.249. The van der Waals surface area contributed by atoms with Gasteiger partial charge in [0.15, 0.2) is 0 Å². The summed E-state index contributed by atoms with van der Waals surface area (Å²) < 4.78 is 3.32. The van der Waals surface area contributed by atoms with E-state index in [0.717, 1.165) is 15.9 Å². The average molecular weight is 437 g/mol. The Morgan fingerprint density at radius 1 is 1.09 bits per heavy atom. The fourth-order valence-corrected chi connectivity index (χ4v) is 2.63. The van der Waals surface area contributed by atoms with Crippen molar-refractivity contribution in [3.63, 3.8) is 0 Å². The summed E-state index contributed by atoms with van der Waals surface area (Å²) in [7, 11) is 0. The molecule has 0 unspecified atom stereocenters. The third-order valence-electron chi connectivity index (χ3n) is 3.17. The van der Waals surface area contributed by atoms with Gasteiger partial charge in [-0.25, -0.2) is 4.98 Å².